The number of nitrogens with zero attached hydrogens (tertiary/aromatic N) is 3. The van der Waals surface area contributed by atoms with E-state index in [-0.39, 0.29) is 29.2 Å². The molecule has 0 unspecified atom stereocenters. The smallest absolute Gasteiger partial charge is 0.321 e. The number of carbonyl (C=O) groups excluding carboxylic acids is 2. The number of likely N-dealkylation sites (tertiary alicyclic amines) is 1. The van der Waals surface area contributed by atoms with Gasteiger partial charge in [-0.05, 0) is 54.2 Å². The number of nitrogens with one attached hydrogen (secondary N) is 2. The van der Waals surface area contributed by atoms with E-state index >= 15 is 0 Å². The van der Waals surface area contributed by atoms with Crippen molar-refractivity contribution in [2.45, 2.75) is 25.2 Å². The Hall–Kier alpha value is -3.47. The second-order valence-corrected chi connectivity index (χ2v) is 8.86. The summed E-state index contributed by atoms with van der Waals surface area (Å²) in [5.41, 5.74) is 0.148. The zero-order valence-corrected chi connectivity index (χ0v) is 19.3. The summed E-state index contributed by atoms with van der Waals surface area (Å²) in [4.78, 5) is 31.2. The molecule has 2 N–H and O–H groups in total. The lowest BCUT2D eigenvalue weighted by Gasteiger charge is -2.28. The topological polar surface area (TPSA) is 87.2 Å². The number of alkyl halides is 2. The summed E-state index contributed by atoms with van der Waals surface area (Å²) in [7, 11) is 1.41. The van der Waals surface area contributed by atoms with Crippen LogP contribution in [-0.2, 0) is 5.41 Å². The molecular formula is C23H22F3N5O2S. The van der Waals surface area contributed by atoms with Gasteiger partial charge in [0.1, 0.15) is 17.2 Å². The molecule has 1 saturated heterocycles. The molecule has 2 heterocycles. The lowest BCUT2D eigenvalue weighted by Crippen LogP contribution is -2.38. The number of carbonyl (C=O) groups is 2. The molecule has 34 heavy (non-hydrogen) atoms. The molecule has 7 nitrogen and oxygen atoms in total. The van der Waals surface area contributed by atoms with Gasteiger partial charge in [0.2, 0.25) is 0 Å². The Bertz CT molecular complexity index is 1220. The van der Waals surface area contributed by atoms with Crippen molar-refractivity contribution in [3.63, 3.8) is 0 Å². The minimum Gasteiger partial charge on any atom is -0.355 e. The van der Waals surface area contributed by atoms with E-state index in [0.29, 0.717) is 29.1 Å². The van der Waals surface area contributed by atoms with Gasteiger partial charge in [0.25, 0.3) is 12.3 Å². The second-order valence-electron chi connectivity index (χ2n) is 8.08. The van der Waals surface area contributed by atoms with Crippen LogP contribution in [0, 0.1) is 12.7 Å². The fraction of sp³-hybridized carbons (Fsp3) is 0.304. The molecule has 3 amide bonds. The summed E-state index contributed by atoms with van der Waals surface area (Å²) >= 11 is 1.18. The molecule has 1 fully saturated rings. The van der Waals surface area contributed by atoms with Gasteiger partial charge < -0.3 is 15.5 Å². The summed E-state index contributed by atoms with van der Waals surface area (Å²) in [5.74, 6) is -0.876. The predicted octanol–water partition coefficient (Wildman–Crippen LogP) is 4.51. The second kappa shape index (κ2) is 9.41. The molecule has 0 radical (unpaired) electrons. The number of urea groups is 1. The van der Waals surface area contributed by atoms with Gasteiger partial charge in [-0.2, -0.15) is 4.37 Å². The van der Waals surface area contributed by atoms with Gasteiger partial charge in [0.05, 0.1) is 16.7 Å². The molecule has 11 heteroatoms. The third kappa shape index (κ3) is 4.35. The Morgan fingerprint density at radius 2 is 2.00 bits per heavy atom. The molecule has 0 bridgehead atoms. The highest BCUT2D eigenvalue weighted by molar-refractivity contribution is 7.05. The van der Waals surface area contributed by atoms with E-state index in [2.05, 4.69) is 20.0 Å². The zero-order chi connectivity index (χ0) is 24.5. The van der Waals surface area contributed by atoms with E-state index in [1.165, 1.54) is 41.9 Å². The SMILES string of the molecule is CNC(=O)c1ccc(C(F)F)cc1NC(=O)N1CC[C@](c2ccc(C)c(F)c2)(c2ncns2)C1. The summed E-state index contributed by atoms with van der Waals surface area (Å²) in [6, 6.07) is 7.88. The van der Waals surface area contributed by atoms with Gasteiger partial charge in [-0.15, -0.1) is 0 Å². The van der Waals surface area contributed by atoms with Crippen molar-refractivity contribution in [2.75, 3.05) is 25.5 Å². The van der Waals surface area contributed by atoms with E-state index in [9.17, 15) is 22.8 Å². The number of rotatable bonds is 5. The van der Waals surface area contributed by atoms with Gasteiger partial charge in [-0.1, -0.05) is 18.2 Å². The van der Waals surface area contributed by atoms with Crippen molar-refractivity contribution in [1.82, 2.24) is 19.6 Å². The first-order valence-corrected chi connectivity index (χ1v) is 11.3. The molecule has 1 aromatic heterocycles. The van der Waals surface area contributed by atoms with Gasteiger partial charge in [0, 0.05) is 25.7 Å². The van der Waals surface area contributed by atoms with Crippen LogP contribution in [0.2, 0.25) is 0 Å². The molecule has 1 atom stereocenters. The van der Waals surface area contributed by atoms with Crippen molar-refractivity contribution in [1.29, 1.82) is 0 Å². The molecule has 3 aromatic rings. The first-order valence-electron chi connectivity index (χ1n) is 10.5. The van der Waals surface area contributed by atoms with E-state index < -0.39 is 23.8 Å². The molecular weight excluding hydrogens is 467 g/mol. The Morgan fingerprint density at radius 3 is 2.65 bits per heavy atom. The fourth-order valence-corrected chi connectivity index (χ4v) is 4.87. The molecule has 2 aromatic carbocycles. The van der Waals surface area contributed by atoms with Crippen LogP contribution in [0.25, 0.3) is 0 Å². The molecule has 0 aliphatic carbocycles. The third-order valence-corrected chi connectivity index (χ3v) is 6.93. The number of anilines is 1. The van der Waals surface area contributed by atoms with Crippen LogP contribution in [0.15, 0.2) is 42.7 Å². The van der Waals surface area contributed by atoms with E-state index in [4.69, 9.17) is 0 Å². The average molecular weight is 490 g/mol. The number of aryl methyl sites for hydroxylation is 1. The predicted molar refractivity (Wildman–Crippen MR) is 122 cm³/mol. The Morgan fingerprint density at radius 1 is 1.21 bits per heavy atom. The molecule has 0 saturated carbocycles. The number of hydrogen-bond donors (Lipinski definition) is 2. The minimum absolute atomic E-state index is 0.0167. The van der Waals surface area contributed by atoms with Gasteiger partial charge >= 0.3 is 6.03 Å². The lowest BCUT2D eigenvalue weighted by atomic mass is 9.80. The third-order valence-electron chi connectivity index (χ3n) is 6.06. The van der Waals surface area contributed by atoms with Crippen LogP contribution in [0.1, 0.15) is 44.9 Å². The summed E-state index contributed by atoms with van der Waals surface area (Å²) < 4.78 is 45.0. The van der Waals surface area contributed by atoms with Crippen LogP contribution in [-0.4, -0.2) is 46.3 Å². The number of halogens is 3. The Kier molecular flexibility index (Phi) is 6.56. The summed E-state index contributed by atoms with van der Waals surface area (Å²) in [6.45, 7) is 2.16. The van der Waals surface area contributed by atoms with Crippen molar-refractivity contribution < 1.29 is 22.8 Å². The van der Waals surface area contributed by atoms with Crippen LogP contribution in [0.4, 0.5) is 23.7 Å². The van der Waals surface area contributed by atoms with Gasteiger partial charge in [-0.25, -0.2) is 22.9 Å². The fourth-order valence-electron chi connectivity index (χ4n) is 4.12. The molecule has 0 spiro atoms. The maximum absolute atomic E-state index is 14.4. The quantitative estimate of drug-likeness (QED) is 0.552. The highest BCUT2D eigenvalue weighted by Crippen LogP contribution is 2.42. The highest BCUT2D eigenvalue weighted by Gasteiger charge is 2.45. The standard InChI is InChI=1S/C23H22F3N5O2S/c1-13-3-5-15(10-17(13)24)23(21-28-12-29-34-21)7-8-31(11-23)22(33)30-18-9-14(19(25)26)4-6-16(18)20(32)27-2/h3-6,9-10,12,19H,7-8,11H2,1-2H3,(H,27,32)(H,30,33)/t23-/m0/s1. The summed E-state index contributed by atoms with van der Waals surface area (Å²) in [6.07, 6.45) is -0.875. The van der Waals surface area contributed by atoms with Crippen molar-refractivity contribution in [3.8, 4) is 0 Å². The average Bonchev–Trinajstić information content (AvgIpc) is 3.51. The highest BCUT2D eigenvalue weighted by atomic mass is 32.1. The Balaban J connectivity index is 1.64. The minimum atomic E-state index is -2.76. The van der Waals surface area contributed by atoms with Crippen molar-refractivity contribution >= 4 is 29.2 Å². The zero-order valence-electron chi connectivity index (χ0n) is 18.4. The van der Waals surface area contributed by atoms with Gasteiger partial charge in [-0.3, -0.25) is 4.79 Å². The normalized spacial score (nSPS) is 17.8. The molecule has 4 rings (SSSR count). The van der Waals surface area contributed by atoms with Crippen LogP contribution in [0.3, 0.4) is 0 Å². The van der Waals surface area contributed by atoms with Crippen LogP contribution < -0.4 is 10.6 Å². The number of benzene rings is 2. The lowest BCUT2D eigenvalue weighted by molar-refractivity contribution is 0.0963. The molecule has 178 valence electrons. The monoisotopic (exact) mass is 489 g/mol. The van der Waals surface area contributed by atoms with Crippen molar-refractivity contribution in [2.24, 2.45) is 0 Å². The van der Waals surface area contributed by atoms with E-state index in [1.807, 2.05) is 6.07 Å². The van der Waals surface area contributed by atoms with Crippen LogP contribution in [0.5, 0.6) is 0 Å². The van der Waals surface area contributed by atoms with Crippen LogP contribution >= 0.6 is 11.5 Å². The summed E-state index contributed by atoms with van der Waals surface area (Å²) in [5, 5.41) is 5.69. The maximum atomic E-state index is 14.4. The number of hydrogen-bond acceptors (Lipinski definition) is 5. The number of amides is 3. The largest absolute Gasteiger partial charge is 0.355 e. The maximum Gasteiger partial charge on any atom is 0.321 e. The Labute approximate surface area is 198 Å². The van der Waals surface area contributed by atoms with Gasteiger partial charge in [0.15, 0.2) is 0 Å². The molecule has 1 aliphatic rings. The van der Waals surface area contributed by atoms with Crippen molar-refractivity contribution in [3.05, 3.63) is 75.8 Å². The number of aromatic nitrogens is 2. The first-order chi connectivity index (χ1) is 16.2. The van der Waals surface area contributed by atoms with E-state index in [1.54, 1.807) is 13.0 Å². The van der Waals surface area contributed by atoms with E-state index in [0.717, 1.165) is 12.1 Å². The first kappa shape index (κ1) is 23.7. The molecule has 1 aliphatic heterocycles.